The smallest absolute Gasteiger partial charge is 0.257 e. The summed E-state index contributed by atoms with van der Waals surface area (Å²) in [4.78, 5) is 15.0. The van der Waals surface area contributed by atoms with Gasteiger partial charge in [-0.05, 0) is 69.0 Å². The molecule has 0 saturated carbocycles. The quantitative estimate of drug-likeness (QED) is 0.898. The summed E-state index contributed by atoms with van der Waals surface area (Å²) in [7, 11) is 0. The maximum Gasteiger partial charge on any atom is 0.257 e. The molecule has 1 aromatic carbocycles. The van der Waals surface area contributed by atoms with Gasteiger partial charge in [-0.3, -0.25) is 4.79 Å². The van der Waals surface area contributed by atoms with Crippen LogP contribution in [0.2, 0.25) is 5.02 Å². The second kappa shape index (κ2) is 6.81. The molecule has 1 aromatic heterocycles. The molecule has 0 bridgehead atoms. The Morgan fingerprint density at radius 3 is 2.44 bits per heavy atom. The molecule has 2 aromatic rings. The number of halogens is 1. The minimum atomic E-state index is 0.102. The molecular formula is C19H23ClN4O. The van der Waals surface area contributed by atoms with Crippen LogP contribution < -0.4 is 5.32 Å². The van der Waals surface area contributed by atoms with E-state index >= 15 is 0 Å². The van der Waals surface area contributed by atoms with Gasteiger partial charge in [-0.15, -0.1) is 0 Å². The lowest BCUT2D eigenvalue weighted by Gasteiger charge is -2.20. The van der Waals surface area contributed by atoms with Crippen molar-refractivity contribution in [1.29, 1.82) is 0 Å². The summed E-state index contributed by atoms with van der Waals surface area (Å²) in [5.41, 5.74) is 2.48. The van der Waals surface area contributed by atoms with Crippen LogP contribution in [0.1, 0.15) is 28.9 Å². The molecule has 4 rings (SSSR count). The second-order valence-electron chi connectivity index (χ2n) is 7.08. The Morgan fingerprint density at radius 1 is 1.16 bits per heavy atom. The first-order chi connectivity index (χ1) is 12.1. The number of carbonyl (C=O) groups is 1. The van der Waals surface area contributed by atoms with Crippen LogP contribution in [-0.4, -0.2) is 46.8 Å². The second-order valence-corrected chi connectivity index (χ2v) is 7.52. The summed E-state index contributed by atoms with van der Waals surface area (Å²) in [6.45, 7) is 5.83. The van der Waals surface area contributed by atoms with Crippen LogP contribution in [0, 0.1) is 18.8 Å². The van der Waals surface area contributed by atoms with Crippen LogP contribution in [0.5, 0.6) is 0 Å². The number of nitrogens with zero attached hydrogens (tertiary/aromatic N) is 3. The number of likely N-dealkylation sites (tertiary alicyclic amines) is 1. The predicted molar refractivity (Wildman–Crippen MR) is 98.3 cm³/mol. The number of fused-ring (bicyclic) bond motifs is 1. The van der Waals surface area contributed by atoms with Crippen molar-refractivity contribution in [2.45, 2.75) is 19.8 Å². The minimum absolute atomic E-state index is 0.102. The Hall–Kier alpha value is -1.85. The van der Waals surface area contributed by atoms with E-state index in [1.807, 2.05) is 36.1 Å². The van der Waals surface area contributed by atoms with Crippen molar-refractivity contribution in [3.05, 3.63) is 46.7 Å². The van der Waals surface area contributed by atoms with Gasteiger partial charge in [0.15, 0.2) is 0 Å². The standard InChI is InChI=1S/C19H23ClN4O/c1-13-18(12-22-24(13)17-4-2-16(20)3-5-17)19(25)23-8-6-14-10-21-11-15(14)7-9-23/h2-5,12,14-15,21H,6-11H2,1H3/t14-,15+. The average molecular weight is 359 g/mol. The number of rotatable bonds is 2. The van der Waals surface area contributed by atoms with Crippen molar-refractivity contribution in [3.8, 4) is 5.69 Å². The van der Waals surface area contributed by atoms with Crippen LogP contribution in [0.4, 0.5) is 0 Å². The largest absolute Gasteiger partial charge is 0.339 e. The molecule has 5 nitrogen and oxygen atoms in total. The van der Waals surface area contributed by atoms with Crippen LogP contribution in [-0.2, 0) is 0 Å². The molecular weight excluding hydrogens is 336 g/mol. The van der Waals surface area contributed by atoms with Gasteiger partial charge in [0.2, 0.25) is 0 Å². The van der Waals surface area contributed by atoms with Crippen molar-refractivity contribution in [2.24, 2.45) is 11.8 Å². The fraction of sp³-hybridized carbons (Fsp3) is 0.474. The molecule has 0 spiro atoms. The normalized spacial score (nSPS) is 23.4. The van der Waals surface area contributed by atoms with Gasteiger partial charge < -0.3 is 10.2 Å². The molecule has 2 saturated heterocycles. The topological polar surface area (TPSA) is 50.2 Å². The predicted octanol–water partition coefficient (Wildman–Crippen LogP) is 2.91. The monoisotopic (exact) mass is 358 g/mol. The van der Waals surface area contributed by atoms with Crippen LogP contribution in [0.3, 0.4) is 0 Å². The third-order valence-electron chi connectivity index (χ3n) is 5.62. The number of hydrogen-bond donors (Lipinski definition) is 1. The Balaban J connectivity index is 1.53. The zero-order valence-corrected chi connectivity index (χ0v) is 15.2. The molecule has 6 heteroatoms. The van der Waals surface area contributed by atoms with E-state index in [0.29, 0.717) is 10.6 Å². The lowest BCUT2D eigenvalue weighted by molar-refractivity contribution is 0.0758. The molecule has 0 radical (unpaired) electrons. The van der Waals surface area contributed by atoms with Crippen LogP contribution >= 0.6 is 11.6 Å². The molecule has 2 fully saturated rings. The van der Waals surface area contributed by atoms with Crippen molar-refractivity contribution < 1.29 is 4.79 Å². The van der Waals surface area contributed by atoms with Gasteiger partial charge in [-0.2, -0.15) is 5.10 Å². The molecule has 0 unspecified atom stereocenters. The molecule has 0 aliphatic carbocycles. The van der Waals surface area contributed by atoms with E-state index in [0.717, 1.165) is 62.2 Å². The molecule has 1 amide bonds. The average Bonchev–Trinajstić information content (AvgIpc) is 3.17. The summed E-state index contributed by atoms with van der Waals surface area (Å²) in [6.07, 6.45) is 3.88. The lowest BCUT2D eigenvalue weighted by Crippen LogP contribution is -2.33. The number of amides is 1. The summed E-state index contributed by atoms with van der Waals surface area (Å²) in [5, 5.41) is 8.59. The number of aromatic nitrogens is 2. The third kappa shape index (κ3) is 3.18. The molecule has 2 aliphatic heterocycles. The number of carbonyl (C=O) groups excluding carboxylic acids is 1. The Morgan fingerprint density at radius 2 is 1.80 bits per heavy atom. The van der Waals surface area contributed by atoms with Crippen molar-refractivity contribution in [2.75, 3.05) is 26.2 Å². The van der Waals surface area contributed by atoms with Gasteiger partial charge in [0.1, 0.15) is 0 Å². The fourth-order valence-corrected chi connectivity index (χ4v) is 4.18. The van der Waals surface area contributed by atoms with Gasteiger partial charge in [0, 0.05) is 18.1 Å². The number of benzene rings is 1. The first-order valence-electron chi connectivity index (χ1n) is 8.94. The summed E-state index contributed by atoms with van der Waals surface area (Å²) < 4.78 is 1.81. The molecule has 1 N–H and O–H groups in total. The summed E-state index contributed by atoms with van der Waals surface area (Å²) >= 11 is 5.96. The van der Waals surface area contributed by atoms with E-state index in [1.165, 1.54) is 0 Å². The van der Waals surface area contributed by atoms with E-state index < -0.39 is 0 Å². The first kappa shape index (κ1) is 16.6. The highest BCUT2D eigenvalue weighted by atomic mass is 35.5. The van der Waals surface area contributed by atoms with Crippen molar-refractivity contribution in [3.63, 3.8) is 0 Å². The molecule has 25 heavy (non-hydrogen) atoms. The number of nitrogens with one attached hydrogen (secondary N) is 1. The van der Waals surface area contributed by atoms with Crippen LogP contribution in [0.25, 0.3) is 5.69 Å². The van der Waals surface area contributed by atoms with E-state index in [2.05, 4.69) is 10.4 Å². The molecule has 2 atom stereocenters. The molecule has 3 heterocycles. The maximum atomic E-state index is 13.0. The van der Waals surface area contributed by atoms with Crippen LogP contribution in [0.15, 0.2) is 30.5 Å². The van der Waals surface area contributed by atoms with Crippen molar-refractivity contribution >= 4 is 17.5 Å². The van der Waals surface area contributed by atoms with E-state index in [-0.39, 0.29) is 5.91 Å². The van der Waals surface area contributed by atoms with Gasteiger partial charge >= 0.3 is 0 Å². The Labute approximate surface area is 153 Å². The summed E-state index contributed by atoms with van der Waals surface area (Å²) in [5.74, 6) is 1.54. The lowest BCUT2D eigenvalue weighted by atomic mass is 9.92. The van der Waals surface area contributed by atoms with E-state index in [4.69, 9.17) is 11.6 Å². The van der Waals surface area contributed by atoms with E-state index in [1.54, 1.807) is 10.9 Å². The van der Waals surface area contributed by atoms with Gasteiger partial charge in [0.05, 0.1) is 23.1 Å². The Bertz CT molecular complexity index is 756. The molecule has 2 aliphatic rings. The molecule has 132 valence electrons. The van der Waals surface area contributed by atoms with Crippen molar-refractivity contribution in [1.82, 2.24) is 20.0 Å². The van der Waals surface area contributed by atoms with Gasteiger partial charge in [-0.1, -0.05) is 11.6 Å². The highest BCUT2D eigenvalue weighted by Gasteiger charge is 2.32. The first-order valence-corrected chi connectivity index (χ1v) is 9.32. The SMILES string of the molecule is Cc1c(C(=O)N2CC[C@@H]3CNC[C@@H]3CC2)cnn1-c1ccc(Cl)cc1. The fourth-order valence-electron chi connectivity index (χ4n) is 4.05. The zero-order valence-electron chi connectivity index (χ0n) is 14.4. The number of hydrogen-bond acceptors (Lipinski definition) is 3. The van der Waals surface area contributed by atoms with E-state index in [9.17, 15) is 4.79 Å². The minimum Gasteiger partial charge on any atom is -0.339 e. The highest BCUT2D eigenvalue weighted by Crippen LogP contribution is 2.28. The third-order valence-corrected chi connectivity index (χ3v) is 5.87. The highest BCUT2D eigenvalue weighted by molar-refractivity contribution is 6.30. The Kier molecular flexibility index (Phi) is 4.52. The zero-order chi connectivity index (χ0) is 17.4. The van der Waals surface area contributed by atoms with Gasteiger partial charge in [0.25, 0.3) is 5.91 Å². The maximum absolute atomic E-state index is 13.0. The summed E-state index contributed by atoms with van der Waals surface area (Å²) in [6, 6.07) is 7.50. The van der Waals surface area contributed by atoms with Gasteiger partial charge in [-0.25, -0.2) is 4.68 Å².